The molecule has 0 atom stereocenters. The van der Waals surface area contributed by atoms with Crippen LogP contribution in [0.2, 0.25) is 0 Å². The van der Waals surface area contributed by atoms with Gasteiger partial charge in [-0.15, -0.1) is 0 Å². The number of hydrogen-bond donors (Lipinski definition) is 1. The van der Waals surface area contributed by atoms with E-state index in [0.717, 1.165) is 44.0 Å². The van der Waals surface area contributed by atoms with E-state index < -0.39 is 5.97 Å². The molecule has 2 aliphatic heterocycles. The minimum Gasteiger partial charge on any atom is -0.481 e. The molecule has 5 heteroatoms. The SMILES string of the molecule is CCN(CC)CCC[N+]1=C(C=CC=C2N(CCC(=O)O)c3ccccc3C2(C)C)C(C)(C)c2ccccc21. The van der Waals surface area contributed by atoms with Crippen molar-refractivity contribution in [3.05, 3.63) is 83.6 Å². The molecule has 2 heterocycles. The summed E-state index contributed by atoms with van der Waals surface area (Å²) in [5, 5.41) is 9.40. The van der Waals surface area contributed by atoms with Gasteiger partial charge in [0.15, 0.2) is 12.3 Å². The third kappa shape index (κ3) is 5.22. The number of nitrogens with zero attached hydrogens (tertiary/aromatic N) is 3. The summed E-state index contributed by atoms with van der Waals surface area (Å²) in [5.74, 6) is -0.775. The standard InChI is InChI=1S/C33H43N3O2/c1-7-34(8-2)22-14-23-35-27-17-11-9-15-25(27)32(3,4)29(35)19-13-20-30-33(5,6)26-16-10-12-18-28(26)36(30)24-21-31(37)38/h9-13,15-20H,7-8,14,21-24H2,1-6H3/p+1. The molecule has 0 saturated heterocycles. The fourth-order valence-electron chi connectivity index (χ4n) is 6.19. The van der Waals surface area contributed by atoms with Crippen molar-refractivity contribution in [3.8, 4) is 0 Å². The van der Waals surface area contributed by atoms with Gasteiger partial charge >= 0.3 is 5.97 Å². The Kier molecular flexibility index (Phi) is 8.27. The van der Waals surface area contributed by atoms with Crippen LogP contribution in [0.4, 0.5) is 11.4 Å². The largest absolute Gasteiger partial charge is 0.481 e. The van der Waals surface area contributed by atoms with Crippen LogP contribution in [0.1, 0.15) is 65.5 Å². The Morgan fingerprint density at radius 1 is 0.974 bits per heavy atom. The topological polar surface area (TPSA) is 46.8 Å². The van der Waals surface area contributed by atoms with Gasteiger partial charge in [-0.05, 0) is 44.6 Å². The van der Waals surface area contributed by atoms with Gasteiger partial charge in [0, 0.05) is 54.0 Å². The molecule has 1 N–H and O–H groups in total. The zero-order valence-corrected chi connectivity index (χ0v) is 24.0. The molecule has 0 aliphatic carbocycles. The first-order valence-electron chi connectivity index (χ1n) is 14.1. The molecule has 5 nitrogen and oxygen atoms in total. The Labute approximate surface area is 228 Å². The lowest BCUT2D eigenvalue weighted by molar-refractivity contribution is -0.438. The maximum atomic E-state index is 11.4. The fourth-order valence-corrected chi connectivity index (χ4v) is 6.19. The van der Waals surface area contributed by atoms with Gasteiger partial charge in [-0.3, -0.25) is 4.79 Å². The summed E-state index contributed by atoms with van der Waals surface area (Å²) in [6, 6.07) is 17.2. The van der Waals surface area contributed by atoms with Crippen molar-refractivity contribution >= 4 is 23.1 Å². The Morgan fingerprint density at radius 3 is 2.32 bits per heavy atom. The number of carboxylic acids is 1. The van der Waals surface area contributed by atoms with Crippen molar-refractivity contribution < 1.29 is 14.5 Å². The number of para-hydroxylation sites is 2. The predicted octanol–water partition coefficient (Wildman–Crippen LogP) is 6.51. The van der Waals surface area contributed by atoms with E-state index in [-0.39, 0.29) is 17.3 Å². The van der Waals surface area contributed by atoms with Crippen molar-refractivity contribution in [1.29, 1.82) is 0 Å². The smallest absolute Gasteiger partial charge is 0.305 e. The highest BCUT2D eigenvalue weighted by molar-refractivity contribution is 6.03. The molecule has 4 rings (SSSR count). The first-order valence-corrected chi connectivity index (χ1v) is 14.1. The number of fused-ring (bicyclic) bond motifs is 2. The third-order valence-electron chi connectivity index (χ3n) is 8.41. The van der Waals surface area contributed by atoms with Gasteiger partial charge in [0.2, 0.25) is 5.69 Å². The maximum Gasteiger partial charge on any atom is 0.305 e. The van der Waals surface area contributed by atoms with Crippen LogP contribution in [0, 0.1) is 0 Å². The number of aliphatic carboxylic acids is 1. The van der Waals surface area contributed by atoms with E-state index in [1.54, 1.807) is 0 Å². The number of carbonyl (C=O) groups is 1. The molecular weight excluding hydrogens is 470 g/mol. The lowest BCUT2D eigenvalue weighted by Crippen LogP contribution is -2.30. The van der Waals surface area contributed by atoms with Crippen LogP contribution >= 0.6 is 0 Å². The van der Waals surface area contributed by atoms with Crippen LogP contribution in [0.5, 0.6) is 0 Å². The van der Waals surface area contributed by atoms with Crippen LogP contribution in [0.25, 0.3) is 0 Å². The second kappa shape index (κ2) is 11.3. The number of carboxylic acid groups (broad SMARTS) is 1. The molecule has 2 aliphatic rings. The normalized spacial score (nSPS) is 18.6. The average Bonchev–Trinajstić information content (AvgIpc) is 3.24. The van der Waals surface area contributed by atoms with E-state index in [2.05, 4.69) is 117 Å². The minimum atomic E-state index is -0.775. The summed E-state index contributed by atoms with van der Waals surface area (Å²) >= 11 is 0. The molecule has 38 heavy (non-hydrogen) atoms. The number of rotatable bonds is 11. The van der Waals surface area contributed by atoms with Gasteiger partial charge in [0.25, 0.3) is 0 Å². The molecule has 202 valence electrons. The molecule has 0 fully saturated rings. The van der Waals surface area contributed by atoms with E-state index in [1.165, 1.54) is 22.5 Å². The highest BCUT2D eigenvalue weighted by Crippen LogP contribution is 2.47. The van der Waals surface area contributed by atoms with Crippen molar-refractivity contribution in [2.75, 3.05) is 37.6 Å². The van der Waals surface area contributed by atoms with Gasteiger partial charge in [0.1, 0.15) is 0 Å². The Morgan fingerprint density at radius 2 is 1.63 bits per heavy atom. The second-order valence-electron chi connectivity index (χ2n) is 11.4. The fraction of sp³-hybridized carbons (Fsp3) is 0.455. The van der Waals surface area contributed by atoms with Gasteiger partial charge < -0.3 is 14.9 Å². The second-order valence-corrected chi connectivity index (χ2v) is 11.4. The summed E-state index contributed by atoms with van der Waals surface area (Å²) in [7, 11) is 0. The van der Waals surface area contributed by atoms with Gasteiger partial charge in [-0.25, -0.2) is 0 Å². The lowest BCUT2D eigenvalue weighted by atomic mass is 9.81. The number of allylic oxidation sites excluding steroid dienone is 4. The molecule has 0 bridgehead atoms. The summed E-state index contributed by atoms with van der Waals surface area (Å²) in [6.45, 7) is 18.3. The summed E-state index contributed by atoms with van der Waals surface area (Å²) < 4.78 is 2.50. The first-order chi connectivity index (χ1) is 18.1. The van der Waals surface area contributed by atoms with Crippen molar-refractivity contribution in [2.45, 2.75) is 65.2 Å². The zero-order chi connectivity index (χ0) is 27.5. The molecule has 2 aromatic rings. The summed E-state index contributed by atoms with van der Waals surface area (Å²) in [4.78, 5) is 16.1. The van der Waals surface area contributed by atoms with Crippen LogP contribution < -0.4 is 4.90 Å². The van der Waals surface area contributed by atoms with Crippen LogP contribution in [0.15, 0.2) is 72.5 Å². The van der Waals surface area contributed by atoms with E-state index in [9.17, 15) is 9.90 Å². The van der Waals surface area contributed by atoms with E-state index in [4.69, 9.17) is 0 Å². The molecule has 0 aromatic heterocycles. The van der Waals surface area contributed by atoms with E-state index >= 15 is 0 Å². The van der Waals surface area contributed by atoms with Crippen molar-refractivity contribution in [2.24, 2.45) is 0 Å². The Balaban J connectivity index is 1.69. The Bertz CT molecular complexity index is 1260. The first kappa shape index (κ1) is 27.8. The molecule has 0 unspecified atom stereocenters. The molecule has 0 spiro atoms. The summed E-state index contributed by atoms with van der Waals surface area (Å²) in [5.41, 5.74) is 7.16. The van der Waals surface area contributed by atoms with Gasteiger partial charge in [-0.2, -0.15) is 4.58 Å². The average molecular weight is 515 g/mol. The van der Waals surface area contributed by atoms with Gasteiger partial charge in [0.05, 0.1) is 11.8 Å². The quantitative estimate of drug-likeness (QED) is 0.347. The molecule has 0 saturated carbocycles. The van der Waals surface area contributed by atoms with Crippen LogP contribution in [-0.2, 0) is 15.6 Å². The van der Waals surface area contributed by atoms with Gasteiger partial charge in [-0.1, -0.05) is 70.2 Å². The molecule has 2 aromatic carbocycles. The molecule has 0 amide bonds. The van der Waals surface area contributed by atoms with E-state index in [0.29, 0.717) is 6.54 Å². The van der Waals surface area contributed by atoms with Crippen molar-refractivity contribution in [1.82, 2.24) is 4.90 Å². The van der Waals surface area contributed by atoms with Crippen LogP contribution in [0.3, 0.4) is 0 Å². The van der Waals surface area contributed by atoms with Crippen LogP contribution in [-0.4, -0.2) is 59.0 Å². The minimum absolute atomic E-state index is 0.0993. The predicted molar refractivity (Wildman–Crippen MR) is 158 cm³/mol. The number of anilines is 1. The number of hydrogen-bond acceptors (Lipinski definition) is 3. The maximum absolute atomic E-state index is 11.4. The van der Waals surface area contributed by atoms with Crippen molar-refractivity contribution in [3.63, 3.8) is 0 Å². The monoisotopic (exact) mass is 514 g/mol. The number of benzene rings is 2. The zero-order valence-electron chi connectivity index (χ0n) is 24.0. The third-order valence-corrected chi connectivity index (χ3v) is 8.41. The highest BCUT2D eigenvalue weighted by atomic mass is 16.4. The molecular formula is C33H44N3O2+. The molecule has 0 radical (unpaired) electrons. The summed E-state index contributed by atoms with van der Waals surface area (Å²) in [6.07, 6.45) is 7.86. The van der Waals surface area contributed by atoms with E-state index in [1.807, 2.05) is 6.07 Å². The lowest BCUT2D eigenvalue weighted by Gasteiger charge is -2.26. The highest BCUT2D eigenvalue weighted by Gasteiger charge is 2.44. The Hall–Kier alpha value is -3.18.